The molecule has 0 bridgehead atoms. The summed E-state index contributed by atoms with van der Waals surface area (Å²) in [7, 11) is 0. The van der Waals surface area contributed by atoms with Gasteiger partial charge in [-0.1, -0.05) is 5.11 Å². The number of hydrogen-bond acceptors (Lipinski definition) is 5. The van der Waals surface area contributed by atoms with Crippen molar-refractivity contribution in [2.45, 2.75) is 26.3 Å². The van der Waals surface area contributed by atoms with E-state index < -0.39 is 0 Å². The maximum absolute atomic E-state index is 11.1. The second-order valence-electron chi connectivity index (χ2n) is 2.91. The first-order valence-electron chi connectivity index (χ1n) is 4.86. The predicted octanol–water partition coefficient (Wildman–Crippen LogP) is 2.45. The zero-order chi connectivity index (χ0) is 11.8. The Hall–Kier alpha value is -1.59. The van der Waals surface area contributed by atoms with E-state index in [1.54, 1.807) is 13.1 Å². The first-order valence-corrected chi connectivity index (χ1v) is 5.68. The quantitative estimate of drug-likeness (QED) is 0.331. The highest BCUT2D eigenvalue weighted by atomic mass is 32.1. The van der Waals surface area contributed by atoms with Crippen molar-refractivity contribution in [1.29, 1.82) is 0 Å². The third-order valence-electron chi connectivity index (χ3n) is 1.75. The first-order chi connectivity index (χ1) is 7.76. The fraction of sp³-hybridized carbons (Fsp3) is 0.556. The molecular weight excluding hydrogens is 228 g/mol. The SMILES string of the molecule is CCOC(=O)CCc1cnc(CN=[N+]=[N-])s1. The number of ether oxygens (including phenoxy) is 1. The number of hydrogen-bond donors (Lipinski definition) is 0. The number of thiazole rings is 1. The normalized spacial score (nSPS) is 9.56. The van der Waals surface area contributed by atoms with Crippen molar-refractivity contribution in [3.05, 3.63) is 26.5 Å². The van der Waals surface area contributed by atoms with E-state index in [4.69, 9.17) is 10.3 Å². The van der Waals surface area contributed by atoms with Crippen LogP contribution in [0.3, 0.4) is 0 Å². The van der Waals surface area contributed by atoms with Crippen molar-refractivity contribution >= 4 is 17.3 Å². The maximum atomic E-state index is 11.1. The number of carbonyl (C=O) groups is 1. The van der Waals surface area contributed by atoms with Crippen LogP contribution in [0.15, 0.2) is 11.3 Å². The van der Waals surface area contributed by atoms with Gasteiger partial charge in [0, 0.05) is 16.0 Å². The number of esters is 1. The minimum absolute atomic E-state index is 0.201. The van der Waals surface area contributed by atoms with Crippen LogP contribution in [0, 0.1) is 0 Å². The Balaban J connectivity index is 2.40. The first kappa shape index (κ1) is 12.5. The van der Waals surface area contributed by atoms with Crippen molar-refractivity contribution in [1.82, 2.24) is 4.98 Å². The zero-order valence-electron chi connectivity index (χ0n) is 8.92. The number of carbonyl (C=O) groups excluding carboxylic acids is 1. The second kappa shape index (κ2) is 6.81. The van der Waals surface area contributed by atoms with E-state index in [2.05, 4.69) is 15.0 Å². The molecule has 7 heteroatoms. The molecule has 1 aromatic heterocycles. The van der Waals surface area contributed by atoms with Gasteiger partial charge in [-0.05, 0) is 18.9 Å². The van der Waals surface area contributed by atoms with E-state index in [0.717, 1.165) is 9.88 Å². The van der Waals surface area contributed by atoms with Crippen LogP contribution < -0.4 is 0 Å². The molecule has 6 nitrogen and oxygen atoms in total. The Labute approximate surface area is 96.9 Å². The molecule has 0 aliphatic rings. The van der Waals surface area contributed by atoms with E-state index in [1.165, 1.54) is 11.3 Å². The van der Waals surface area contributed by atoms with E-state index in [-0.39, 0.29) is 12.5 Å². The molecule has 1 heterocycles. The van der Waals surface area contributed by atoms with E-state index >= 15 is 0 Å². The summed E-state index contributed by atoms with van der Waals surface area (Å²) in [6.07, 6.45) is 2.68. The van der Waals surface area contributed by atoms with E-state index in [1.807, 2.05) is 0 Å². The zero-order valence-corrected chi connectivity index (χ0v) is 9.74. The largest absolute Gasteiger partial charge is 0.466 e. The molecule has 0 atom stereocenters. The summed E-state index contributed by atoms with van der Waals surface area (Å²) < 4.78 is 4.81. The summed E-state index contributed by atoms with van der Waals surface area (Å²) in [6, 6.07) is 0. The monoisotopic (exact) mass is 240 g/mol. The third-order valence-corrected chi connectivity index (χ3v) is 2.79. The molecule has 0 aliphatic heterocycles. The standard InChI is InChI=1S/C9H12N4O2S/c1-2-15-9(14)4-3-7-5-11-8(16-7)6-12-13-10/h5H,2-4,6H2,1H3. The summed E-state index contributed by atoms with van der Waals surface area (Å²) in [4.78, 5) is 18.8. The van der Waals surface area contributed by atoms with Crippen LogP contribution in [-0.4, -0.2) is 17.6 Å². The molecule has 0 amide bonds. The average Bonchev–Trinajstić information content (AvgIpc) is 2.72. The lowest BCUT2D eigenvalue weighted by molar-refractivity contribution is -0.143. The van der Waals surface area contributed by atoms with Crippen LogP contribution in [-0.2, 0) is 22.5 Å². The Morgan fingerprint density at radius 3 is 3.25 bits per heavy atom. The van der Waals surface area contributed by atoms with Gasteiger partial charge in [0.15, 0.2) is 0 Å². The number of nitrogens with zero attached hydrogens (tertiary/aromatic N) is 4. The van der Waals surface area contributed by atoms with Crippen molar-refractivity contribution in [2.24, 2.45) is 5.11 Å². The molecule has 1 rings (SSSR count). The van der Waals surface area contributed by atoms with Crippen LogP contribution >= 0.6 is 11.3 Å². The fourth-order valence-electron chi connectivity index (χ4n) is 1.09. The topological polar surface area (TPSA) is 88.0 Å². The molecule has 0 saturated carbocycles. The van der Waals surface area contributed by atoms with Gasteiger partial charge >= 0.3 is 5.97 Å². The van der Waals surface area contributed by atoms with Crippen LogP contribution in [0.2, 0.25) is 0 Å². The number of aromatic nitrogens is 1. The predicted molar refractivity (Wildman–Crippen MR) is 59.9 cm³/mol. The van der Waals surface area contributed by atoms with Crippen molar-refractivity contribution in [3.63, 3.8) is 0 Å². The number of aryl methyl sites for hydroxylation is 1. The van der Waals surface area contributed by atoms with E-state index in [0.29, 0.717) is 19.4 Å². The van der Waals surface area contributed by atoms with Crippen LogP contribution in [0.1, 0.15) is 23.2 Å². The van der Waals surface area contributed by atoms with E-state index in [9.17, 15) is 4.79 Å². The summed E-state index contributed by atoms with van der Waals surface area (Å²) in [6.45, 7) is 2.45. The molecule has 1 aromatic rings. The molecule has 16 heavy (non-hydrogen) atoms. The number of rotatable bonds is 6. The van der Waals surface area contributed by atoms with Gasteiger partial charge in [0.2, 0.25) is 0 Å². The summed E-state index contributed by atoms with van der Waals surface area (Å²) in [5, 5.41) is 4.18. The Morgan fingerprint density at radius 2 is 2.56 bits per heavy atom. The molecule has 0 fully saturated rings. The van der Waals surface area contributed by atoms with Crippen LogP contribution in [0.25, 0.3) is 10.4 Å². The molecule has 86 valence electrons. The van der Waals surface area contributed by atoms with Gasteiger partial charge < -0.3 is 4.74 Å². The van der Waals surface area contributed by atoms with Gasteiger partial charge in [0.1, 0.15) is 0 Å². The molecule has 0 saturated heterocycles. The molecule has 0 aromatic carbocycles. The lowest BCUT2D eigenvalue weighted by Crippen LogP contribution is -2.04. The smallest absolute Gasteiger partial charge is 0.306 e. The summed E-state index contributed by atoms with van der Waals surface area (Å²) in [5.41, 5.74) is 8.14. The van der Waals surface area contributed by atoms with Gasteiger partial charge in [-0.3, -0.25) is 4.79 Å². The Kier molecular flexibility index (Phi) is 5.31. The van der Waals surface area contributed by atoms with Crippen LogP contribution in [0.5, 0.6) is 0 Å². The van der Waals surface area contributed by atoms with Gasteiger partial charge in [-0.2, -0.15) is 0 Å². The third kappa shape index (κ3) is 4.29. The Bertz CT molecular complexity index is 398. The molecule has 0 spiro atoms. The minimum atomic E-state index is -0.201. The molecule has 0 unspecified atom stereocenters. The van der Waals surface area contributed by atoms with Gasteiger partial charge in [0.05, 0.1) is 24.6 Å². The highest BCUT2D eigenvalue weighted by Crippen LogP contribution is 2.15. The highest BCUT2D eigenvalue weighted by molar-refractivity contribution is 7.11. The van der Waals surface area contributed by atoms with Crippen molar-refractivity contribution in [3.8, 4) is 0 Å². The number of azide groups is 1. The molecular formula is C9H12N4O2S. The van der Waals surface area contributed by atoms with Gasteiger partial charge in [-0.15, -0.1) is 11.3 Å². The van der Waals surface area contributed by atoms with Crippen molar-refractivity contribution in [2.75, 3.05) is 6.61 Å². The van der Waals surface area contributed by atoms with Gasteiger partial charge in [0.25, 0.3) is 0 Å². The maximum Gasteiger partial charge on any atom is 0.306 e. The van der Waals surface area contributed by atoms with Gasteiger partial charge in [-0.25, -0.2) is 4.98 Å². The molecule has 0 radical (unpaired) electrons. The lowest BCUT2D eigenvalue weighted by atomic mass is 10.3. The summed E-state index contributed by atoms with van der Waals surface area (Å²) in [5.74, 6) is -0.201. The molecule has 0 aliphatic carbocycles. The molecule has 0 N–H and O–H groups in total. The summed E-state index contributed by atoms with van der Waals surface area (Å²) >= 11 is 1.45. The second-order valence-corrected chi connectivity index (χ2v) is 4.11. The van der Waals surface area contributed by atoms with Crippen molar-refractivity contribution < 1.29 is 9.53 Å². The average molecular weight is 240 g/mol. The minimum Gasteiger partial charge on any atom is -0.466 e. The van der Waals surface area contributed by atoms with Crippen LogP contribution in [0.4, 0.5) is 0 Å². The highest BCUT2D eigenvalue weighted by Gasteiger charge is 2.05. The fourth-order valence-corrected chi connectivity index (χ4v) is 1.93. The lowest BCUT2D eigenvalue weighted by Gasteiger charge is -1.98. The Morgan fingerprint density at radius 1 is 1.75 bits per heavy atom.